The average Bonchev–Trinajstić information content (AvgIpc) is 3.10. The molecule has 0 bridgehead atoms. The molecular formula is C16H10Br2N6O. The highest BCUT2D eigenvalue weighted by molar-refractivity contribution is 9.10. The van der Waals surface area contributed by atoms with Crippen molar-refractivity contribution in [3.8, 4) is 0 Å². The Balaban J connectivity index is 1.90. The molecule has 1 aromatic heterocycles. The van der Waals surface area contributed by atoms with Crippen LogP contribution in [0.15, 0.2) is 67.6 Å². The normalized spacial score (nSPS) is 18.1. The van der Waals surface area contributed by atoms with E-state index in [2.05, 4.69) is 57.5 Å². The van der Waals surface area contributed by atoms with Crippen LogP contribution in [-0.4, -0.2) is 36.8 Å². The second-order valence-corrected chi connectivity index (χ2v) is 7.16. The van der Waals surface area contributed by atoms with Gasteiger partial charge in [0.05, 0.1) is 0 Å². The maximum absolute atomic E-state index is 9.73. The summed E-state index contributed by atoms with van der Waals surface area (Å²) in [6.07, 6.45) is 0. The molecule has 0 aliphatic carbocycles. The number of halogens is 2. The highest BCUT2D eigenvalue weighted by Crippen LogP contribution is 2.31. The molecule has 1 unspecified atom stereocenters. The summed E-state index contributed by atoms with van der Waals surface area (Å²) in [6.45, 7) is 0. The fraction of sp³-hybridized carbons (Fsp3) is 0.0625. The molecule has 2 aromatic carbocycles. The number of tetrazole rings is 1. The van der Waals surface area contributed by atoms with E-state index in [4.69, 9.17) is 0 Å². The summed E-state index contributed by atoms with van der Waals surface area (Å²) < 4.78 is 3.44. The van der Waals surface area contributed by atoms with Gasteiger partial charge in [0.25, 0.3) is 5.95 Å². The van der Waals surface area contributed by atoms with Crippen molar-refractivity contribution in [3.63, 3.8) is 0 Å². The lowest BCUT2D eigenvalue weighted by atomic mass is 9.94. The Kier molecular flexibility index (Phi) is 4.18. The largest absolute Gasteiger partial charge is 0.411 e. The van der Waals surface area contributed by atoms with E-state index >= 15 is 0 Å². The maximum Gasteiger partial charge on any atom is 0.270 e. The van der Waals surface area contributed by atoms with Crippen LogP contribution in [0.3, 0.4) is 0 Å². The van der Waals surface area contributed by atoms with E-state index in [1.807, 2.05) is 48.5 Å². The first-order valence-electron chi connectivity index (χ1n) is 7.27. The van der Waals surface area contributed by atoms with Crippen LogP contribution >= 0.6 is 31.9 Å². The second-order valence-electron chi connectivity index (χ2n) is 5.33. The molecule has 0 fully saturated rings. The van der Waals surface area contributed by atoms with Gasteiger partial charge in [-0.1, -0.05) is 66.4 Å². The van der Waals surface area contributed by atoms with Crippen LogP contribution in [0.25, 0.3) is 0 Å². The maximum atomic E-state index is 9.73. The van der Waals surface area contributed by atoms with Crippen molar-refractivity contribution >= 4 is 49.2 Å². The van der Waals surface area contributed by atoms with Gasteiger partial charge >= 0.3 is 0 Å². The lowest BCUT2D eigenvalue weighted by molar-refractivity contribution is 0.316. The van der Waals surface area contributed by atoms with Gasteiger partial charge in [-0.25, -0.2) is 4.99 Å². The van der Waals surface area contributed by atoms with Gasteiger partial charge in [0, 0.05) is 14.5 Å². The van der Waals surface area contributed by atoms with E-state index in [0.29, 0.717) is 17.4 Å². The molecule has 2 heterocycles. The van der Waals surface area contributed by atoms with E-state index in [1.165, 1.54) is 0 Å². The molecule has 1 aliphatic rings. The highest BCUT2D eigenvalue weighted by atomic mass is 79.9. The molecule has 9 heteroatoms. The molecule has 0 saturated carbocycles. The molecule has 0 spiro atoms. The van der Waals surface area contributed by atoms with E-state index in [0.717, 1.165) is 20.1 Å². The molecule has 25 heavy (non-hydrogen) atoms. The molecule has 7 nitrogen and oxygen atoms in total. The lowest BCUT2D eigenvalue weighted by Crippen LogP contribution is -2.32. The number of nitrogens with zero attached hydrogens (tertiary/aromatic N) is 6. The van der Waals surface area contributed by atoms with Gasteiger partial charge in [0.15, 0.2) is 0 Å². The number of hydrogen-bond acceptors (Lipinski definition) is 6. The van der Waals surface area contributed by atoms with Gasteiger partial charge in [0.1, 0.15) is 17.5 Å². The SMILES string of the molecule is O/N=C1\C(c2ccc(Br)cc2)=Nc2nnnn2C1c1ccc(Br)cc1. The summed E-state index contributed by atoms with van der Waals surface area (Å²) in [5.74, 6) is 0.359. The second kappa shape index (κ2) is 6.49. The summed E-state index contributed by atoms with van der Waals surface area (Å²) in [5.41, 5.74) is 2.61. The topological polar surface area (TPSA) is 88.6 Å². The number of aromatic nitrogens is 4. The monoisotopic (exact) mass is 460 g/mol. The zero-order valence-corrected chi connectivity index (χ0v) is 15.8. The fourth-order valence-electron chi connectivity index (χ4n) is 2.70. The average molecular weight is 462 g/mol. The van der Waals surface area contributed by atoms with Crippen LogP contribution in [0.1, 0.15) is 17.2 Å². The Labute approximate surface area is 159 Å². The molecule has 1 atom stereocenters. The minimum atomic E-state index is -0.473. The molecule has 3 aromatic rings. The zero-order chi connectivity index (χ0) is 17.4. The molecule has 4 rings (SSSR count). The van der Waals surface area contributed by atoms with Crippen LogP contribution in [0.5, 0.6) is 0 Å². The number of rotatable bonds is 2. The third kappa shape index (κ3) is 2.89. The van der Waals surface area contributed by atoms with E-state index in [-0.39, 0.29) is 0 Å². The lowest BCUT2D eigenvalue weighted by Gasteiger charge is -2.24. The van der Waals surface area contributed by atoms with Gasteiger partial charge in [0.2, 0.25) is 0 Å². The number of fused-ring (bicyclic) bond motifs is 1. The van der Waals surface area contributed by atoms with Crippen LogP contribution in [0, 0.1) is 0 Å². The van der Waals surface area contributed by atoms with Crippen molar-refractivity contribution in [2.24, 2.45) is 10.1 Å². The minimum absolute atomic E-state index is 0.359. The Morgan fingerprint density at radius 2 is 1.60 bits per heavy atom. The van der Waals surface area contributed by atoms with Crippen molar-refractivity contribution < 1.29 is 5.21 Å². The number of aliphatic imine (C=N–C) groups is 1. The Bertz CT molecular complexity index is 979. The zero-order valence-electron chi connectivity index (χ0n) is 12.6. The summed E-state index contributed by atoms with van der Waals surface area (Å²) in [7, 11) is 0. The molecule has 1 aliphatic heterocycles. The molecule has 0 amide bonds. The van der Waals surface area contributed by atoms with Crippen molar-refractivity contribution in [1.29, 1.82) is 0 Å². The molecule has 0 radical (unpaired) electrons. The molecular weight excluding hydrogens is 452 g/mol. The van der Waals surface area contributed by atoms with E-state index in [9.17, 15) is 5.21 Å². The van der Waals surface area contributed by atoms with Gasteiger partial charge in [-0.2, -0.15) is 4.68 Å². The van der Waals surface area contributed by atoms with Crippen molar-refractivity contribution in [2.75, 3.05) is 0 Å². The number of oxime groups is 1. The first kappa shape index (κ1) is 16.1. The summed E-state index contributed by atoms with van der Waals surface area (Å²) in [5, 5.41) is 25.0. The first-order valence-corrected chi connectivity index (χ1v) is 8.86. The first-order chi connectivity index (χ1) is 12.2. The van der Waals surface area contributed by atoms with Gasteiger partial charge < -0.3 is 5.21 Å². The smallest absolute Gasteiger partial charge is 0.270 e. The van der Waals surface area contributed by atoms with Crippen LogP contribution in [0.2, 0.25) is 0 Å². The molecule has 0 saturated heterocycles. The summed E-state index contributed by atoms with van der Waals surface area (Å²) in [4.78, 5) is 4.48. The van der Waals surface area contributed by atoms with Crippen molar-refractivity contribution in [1.82, 2.24) is 20.2 Å². The summed E-state index contributed by atoms with van der Waals surface area (Å²) in [6, 6.07) is 14.8. The highest BCUT2D eigenvalue weighted by Gasteiger charge is 2.34. The van der Waals surface area contributed by atoms with Crippen molar-refractivity contribution in [2.45, 2.75) is 6.04 Å². The van der Waals surface area contributed by atoms with Gasteiger partial charge in [-0.05, 0) is 40.3 Å². The van der Waals surface area contributed by atoms with Gasteiger partial charge in [-0.3, -0.25) is 0 Å². The molecule has 124 valence electrons. The predicted molar refractivity (Wildman–Crippen MR) is 99.7 cm³/mol. The van der Waals surface area contributed by atoms with Crippen LogP contribution in [-0.2, 0) is 0 Å². The number of hydrogen-bond donors (Lipinski definition) is 1. The third-order valence-electron chi connectivity index (χ3n) is 3.84. The third-order valence-corrected chi connectivity index (χ3v) is 4.90. The minimum Gasteiger partial charge on any atom is -0.411 e. The van der Waals surface area contributed by atoms with Crippen molar-refractivity contribution in [3.05, 3.63) is 68.6 Å². The summed E-state index contributed by atoms with van der Waals surface area (Å²) >= 11 is 6.84. The van der Waals surface area contributed by atoms with Gasteiger partial charge in [-0.15, -0.1) is 0 Å². The predicted octanol–water partition coefficient (Wildman–Crippen LogP) is 3.75. The van der Waals surface area contributed by atoms with E-state index < -0.39 is 6.04 Å². The number of benzene rings is 2. The fourth-order valence-corrected chi connectivity index (χ4v) is 3.23. The quantitative estimate of drug-likeness (QED) is 0.464. The van der Waals surface area contributed by atoms with Crippen LogP contribution < -0.4 is 0 Å². The Morgan fingerprint density at radius 1 is 0.960 bits per heavy atom. The Morgan fingerprint density at radius 3 is 2.24 bits per heavy atom. The Hall–Kier alpha value is -2.39. The molecule has 1 N–H and O–H groups in total. The van der Waals surface area contributed by atoms with Crippen LogP contribution in [0.4, 0.5) is 5.95 Å². The van der Waals surface area contributed by atoms with E-state index in [1.54, 1.807) is 4.68 Å². The standard InChI is InChI=1S/C16H10Br2N6O/c17-11-5-1-9(2-6-11)13-14(21-25)15(10-3-7-12(18)8-4-10)24-16(19-13)20-22-23-24/h1-8,15,25H/b21-14+.